The third-order valence-corrected chi connectivity index (χ3v) is 1.73. The summed E-state index contributed by atoms with van der Waals surface area (Å²) in [6.07, 6.45) is 1.49. The maximum Gasteiger partial charge on any atom is 0.322 e. The highest BCUT2D eigenvalue weighted by atomic mass is 16.5. The van der Waals surface area contributed by atoms with E-state index in [1.807, 2.05) is 0 Å². The fraction of sp³-hybridized carbons (Fsp3) is 0.250. The van der Waals surface area contributed by atoms with Crippen LogP contribution in [0.15, 0.2) is 16.9 Å². The number of nitrogens with zero attached hydrogens (tertiary/aromatic N) is 4. The van der Waals surface area contributed by atoms with Gasteiger partial charge in [-0.3, -0.25) is 0 Å². The number of ether oxygens (including phenoxy) is 1. The van der Waals surface area contributed by atoms with Gasteiger partial charge in [0.1, 0.15) is 12.0 Å². The molecule has 0 aliphatic carbocycles. The van der Waals surface area contributed by atoms with Gasteiger partial charge >= 0.3 is 6.01 Å². The molecule has 16 heavy (non-hydrogen) atoms. The Morgan fingerprint density at radius 2 is 2.31 bits per heavy atom. The summed E-state index contributed by atoms with van der Waals surface area (Å²) in [5.74, 6) is 0.418. The Balaban J connectivity index is 2.06. The highest BCUT2D eigenvalue weighted by Gasteiger charge is 2.04. The maximum atomic E-state index is 5.47. The van der Waals surface area contributed by atoms with E-state index in [2.05, 4.69) is 29.9 Å². The molecule has 0 radical (unpaired) electrons. The molecule has 8 heteroatoms. The molecule has 0 aliphatic heterocycles. The average molecular weight is 222 g/mol. The van der Waals surface area contributed by atoms with E-state index in [0.29, 0.717) is 12.5 Å². The van der Waals surface area contributed by atoms with Crippen molar-refractivity contribution in [1.82, 2.24) is 20.1 Å². The molecule has 3 N–H and O–H groups in total. The second-order valence-corrected chi connectivity index (χ2v) is 2.85. The van der Waals surface area contributed by atoms with Crippen molar-refractivity contribution in [3.8, 4) is 6.01 Å². The Hall–Kier alpha value is -2.38. The van der Waals surface area contributed by atoms with Gasteiger partial charge in [-0.2, -0.15) is 15.0 Å². The van der Waals surface area contributed by atoms with E-state index in [-0.39, 0.29) is 12.0 Å². The summed E-state index contributed by atoms with van der Waals surface area (Å²) in [6.45, 7) is 0.434. The van der Waals surface area contributed by atoms with Crippen LogP contribution in [0.2, 0.25) is 0 Å². The Morgan fingerprint density at radius 1 is 1.44 bits per heavy atom. The summed E-state index contributed by atoms with van der Waals surface area (Å²) < 4.78 is 9.54. The van der Waals surface area contributed by atoms with Gasteiger partial charge in [-0.1, -0.05) is 5.16 Å². The predicted octanol–water partition coefficient (Wildman–Crippen LogP) is 0.0625. The number of methoxy groups -OCH3 is 1. The lowest BCUT2D eigenvalue weighted by Gasteiger charge is -2.04. The topological polar surface area (TPSA) is 112 Å². The summed E-state index contributed by atoms with van der Waals surface area (Å²) in [5, 5.41) is 6.64. The van der Waals surface area contributed by atoms with Crippen molar-refractivity contribution < 1.29 is 9.26 Å². The van der Waals surface area contributed by atoms with Crippen molar-refractivity contribution in [3.05, 3.63) is 18.0 Å². The fourth-order valence-corrected chi connectivity index (χ4v) is 1.04. The lowest BCUT2D eigenvalue weighted by atomic mass is 10.4. The first-order chi connectivity index (χ1) is 7.78. The Kier molecular flexibility index (Phi) is 2.81. The van der Waals surface area contributed by atoms with Gasteiger partial charge in [0.05, 0.1) is 13.7 Å². The first-order valence-electron chi connectivity index (χ1n) is 4.46. The van der Waals surface area contributed by atoms with Crippen molar-refractivity contribution in [1.29, 1.82) is 0 Å². The number of rotatable bonds is 4. The number of nitrogen functional groups attached to an aromatic ring is 1. The third-order valence-electron chi connectivity index (χ3n) is 1.73. The molecule has 0 atom stereocenters. The molecule has 0 saturated heterocycles. The summed E-state index contributed by atoms with van der Waals surface area (Å²) >= 11 is 0. The van der Waals surface area contributed by atoms with Gasteiger partial charge in [0, 0.05) is 6.07 Å². The molecule has 84 valence electrons. The maximum absolute atomic E-state index is 5.47. The molecule has 2 heterocycles. The monoisotopic (exact) mass is 222 g/mol. The summed E-state index contributed by atoms with van der Waals surface area (Å²) in [4.78, 5) is 11.6. The van der Waals surface area contributed by atoms with Crippen LogP contribution in [0.3, 0.4) is 0 Å². The van der Waals surface area contributed by atoms with E-state index in [1.165, 1.54) is 13.4 Å². The third kappa shape index (κ3) is 2.35. The minimum Gasteiger partial charge on any atom is -0.467 e. The first kappa shape index (κ1) is 10.1. The number of nitrogens with one attached hydrogen (secondary N) is 1. The van der Waals surface area contributed by atoms with Crippen LogP contribution in [-0.4, -0.2) is 27.2 Å². The number of nitrogens with two attached hydrogens (primary N) is 1. The van der Waals surface area contributed by atoms with Crippen molar-refractivity contribution in [2.75, 3.05) is 18.2 Å². The average Bonchev–Trinajstić information content (AvgIpc) is 2.78. The minimum atomic E-state index is 0.0921. The molecule has 2 aromatic rings. The number of hydrogen-bond acceptors (Lipinski definition) is 8. The molecule has 0 bridgehead atoms. The van der Waals surface area contributed by atoms with Crippen molar-refractivity contribution in [2.24, 2.45) is 0 Å². The molecule has 8 nitrogen and oxygen atoms in total. The van der Waals surface area contributed by atoms with Crippen LogP contribution in [0.5, 0.6) is 6.01 Å². The van der Waals surface area contributed by atoms with Gasteiger partial charge in [0.25, 0.3) is 0 Å². The smallest absolute Gasteiger partial charge is 0.322 e. The number of hydrogen-bond donors (Lipinski definition) is 2. The highest BCUT2D eigenvalue weighted by molar-refractivity contribution is 5.32. The van der Waals surface area contributed by atoms with Gasteiger partial charge in [-0.05, 0) is 0 Å². The Labute approximate surface area is 90.8 Å². The van der Waals surface area contributed by atoms with E-state index < -0.39 is 0 Å². The van der Waals surface area contributed by atoms with E-state index >= 15 is 0 Å². The Bertz CT molecular complexity index is 458. The summed E-state index contributed by atoms with van der Waals surface area (Å²) in [5.41, 5.74) is 6.20. The normalized spacial score (nSPS) is 10.1. The van der Waals surface area contributed by atoms with Gasteiger partial charge in [-0.15, -0.1) is 0 Å². The zero-order valence-corrected chi connectivity index (χ0v) is 8.54. The zero-order valence-electron chi connectivity index (χ0n) is 8.54. The lowest BCUT2D eigenvalue weighted by Crippen LogP contribution is -2.08. The molecule has 0 aromatic carbocycles. The number of aromatic nitrogens is 4. The summed E-state index contributed by atoms with van der Waals surface area (Å²) in [6, 6.07) is 1.89. The molecule has 0 saturated carbocycles. The van der Waals surface area contributed by atoms with Crippen molar-refractivity contribution in [2.45, 2.75) is 6.54 Å². The molecule has 2 rings (SSSR count). The van der Waals surface area contributed by atoms with Crippen LogP contribution in [0, 0.1) is 0 Å². The predicted molar refractivity (Wildman–Crippen MR) is 54.6 cm³/mol. The van der Waals surface area contributed by atoms with Gasteiger partial charge in [0.15, 0.2) is 0 Å². The molecular formula is C8H10N6O2. The van der Waals surface area contributed by atoms with Gasteiger partial charge in [-0.25, -0.2) is 0 Å². The summed E-state index contributed by atoms with van der Waals surface area (Å²) in [7, 11) is 1.45. The second-order valence-electron chi connectivity index (χ2n) is 2.85. The van der Waals surface area contributed by atoms with E-state index in [4.69, 9.17) is 10.5 Å². The van der Waals surface area contributed by atoms with Crippen molar-refractivity contribution in [3.63, 3.8) is 0 Å². The molecule has 0 amide bonds. The minimum absolute atomic E-state index is 0.0921. The molecule has 0 aliphatic rings. The quantitative estimate of drug-likeness (QED) is 0.746. The molecule has 0 spiro atoms. The highest BCUT2D eigenvalue weighted by Crippen LogP contribution is 2.08. The van der Waals surface area contributed by atoms with Crippen LogP contribution in [-0.2, 0) is 6.54 Å². The van der Waals surface area contributed by atoms with Crippen molar-refractivity contribution >= 4 is 11.9 Å². The van der Waals surface area contributed by atoms with Crippen LogP contribution in [0.4, 0.5) is 11.9 Å². The number of anilines is 2. The fourth-order valence-electron chi connectivity index (χ4n) is 1.04. The van der Waals surface area contributed by atoms with E-state index in [9.17, 15) is 0 Å². The molecule has 0 fully saturated rings. The van der Waals surface area contributed by atoms with Crippen LogP contribution < -0.4 is 15.8 Å². The van der Waals surface area contributed by atoms with Gasteiger partial charge in [0.2, 0.25) is 11.9 Å². The SMILES string of the molecule is COc1nc(N)nc(NCc2ccon2)n1. The van der Waals surface area contributed by atoms with Crippen LogP contribution in [0.1, 0.15) is 5.69 Å². The molecule has 0 unspecified atom stereocenters. The van der Waals surface area contributed by atoms with Crippen LogP contribution in [0.25, 0.3) is 0 Å². The largest absolute Gasteiger partial charge is 0.467 e. The zero-order chi connectivity index (χ0) is 11.4. The van der Waals surface area contributed by atoms with E-state index in [1.54, 1.807) is 6.07 Å². The first-order valence-corrected chi connectivity index (χ1v) is 4.46. The molecule has 2 aromatic heterocycles. The second kappa shape index (κ2) is 4.43. The van der Waals surface area contributed by atoms with Crippen LogP contribution >= 0.6 is 0 Å². The molecular weight excluding hydrogens is 212 g/mol. The van der Waals surface area contributed by atoms with Gasteiger partial charge < -0.3 is 20.3 Å². The Morgan fingerprint density at radius 3 is 3.00 bits per heavy atom. The lowest BCUT2D eigenvalue weighted by molar-refractivity contribution is 0.379. The van der Waals surface area contributed by atoms with E-state index in [0.717, 1.165) is 5.69 Å². The standard InChI is InChI=1S/C8H10N6O2/c1-15-8-12-6(9)11-7(13-8)10-4-5-2-3-16-14-5/h2-3H,4H2,1H3,(H3,9,10,11,12,13).